The standard InChI is InChI=1S/C16H28N2O/c1-11-7-13(16(3,4)5)8-12(2)15(11)18(6)10-14(19)9-17/h7-8,14,19H,9-10,17H2,1-6H3. The predicted molar refractivity (Wildman–Crippen MR) is 82.9 cm³/mol. The molecule has 1 rings (SSSR count). The summed E-state index contributed by atoms with van der Waals surface area (Å²) < 4.78 is 0. The predicted octanol–water partition coefficient (Wildman–Crippen LogP) is 2.36. The van der Waals surface area contributed by atoms with Crippen LogP contribution in [0.5, 0.6) is 0 Å². The van der Waals surface area contributed by atoms with Gasteiger partial charge in [0.2, 0.25) is 0 Å². The lowest BCUT2D eigenvalue weighted by Gasteiger charge is -2.28. The molecule has 3 nitrogen and oxygen atoms in total. The van der Waals surface area contributed by atoms with Crippen LogP contribution in [0, 0.1) is 13.8 Å². The highest BCUT2D eigenvalue weighted by molar-refractivity contribution is 5.60. The molecule has 0 heterocycles. The Kier molecular flexibility index (Phi) is 4.99. The molecule has 0 saturated carbocycles. The van der Waals surface area contributed by atoms with Crippen LogP contribution in [-0.2, 0) is 5.41 Å². The van der Waals surface area contributed by atoms with E-state index in [-0.39, 0.29) is 5.41 Å². The number of anilines is 1. The Morgan fingerprint density at radius 2 is 1.68 bits per heavy atom. The van der Waals surface area contributed by atoms with Crippen LogP contribution >= 0.6 is 0 Å². The molecule has 0 saturated heterocycles. The molecule has 0 aliphatic rings. The molecule has 108 valence electrons. The third-order valence-corrected chi connectivity index (χ3v) is 3.50. The summed E-state index contributed by atoms with van der Waals surface area (Å²) in [5.41, 5.74) is 10.7. The Morgan fingerprint density at radius 3 is 2.05 bits per heavy atom. The van der Waals surface area contributed by atoms with Gasteiger partial charge in [0.25, 0.3) is 0 Å². The van der Waals surface area contributed by atoms with Crippen molar-refractivity contribution >= 4 is 5.69 Å². The van der Waals surface area contributed by atoms with Gasteiger partial charge in [-0.3, -0.25) is 0 Å². The quantitative estimate of drug-likeness (QED) is 0.877. The number of hydrogen-bond acceptors (Lipinski definition) is 3. The second-order valence-corrected chi connectivity index (χ2v) is 6.48. The minimum Gasteiger partial charge on any atom is -0.390 e. The molecule has 0 aliphatic heterocycles. The van der Waals surface area contributed by atoms with Gasteiger partial charge < -0.3 is 15.7 Å². The van der Waals surface area contributed by atoms with Gasteiger partial charge in [-0.1, -0.05) is 32.9 Å². The lowest BCUT2D eigenvalue weighted by molar-refractivity contribution is 0.189. The summed E-state index contributed by atoms with van der Waals surface area (Å²) in [6.45, 7) is 11.8. The largest absolute Gasteiger partial charge is 0.390 e. The summed E-state index contributed by atoms with van der Waals surface area (Å²) >= 11 is 0. The topological polar surface area (TPSA) is 49.5 Å². The monoisotopic (exact) mass is 264 g/mol. The summed E-state index contributed by atoms with van der Waals surface area (Å²) in [4.78, 5) is 2.09. The van der Waals surface area contributed by atoms with Crippen molar-refractivity contribution in [3.05, 3.63) is 28.8 Å². The van der Waals surface area contributed by atoms with E-state index in [1.54, 1.807) is 0 Å². The molecule has 0 amide bonds. The van der Waals surface area contributed by atoms with Gasteiger partial charge in [0, 0.05) is 25.8 Å². The maximum absolute atomic E-state index is 9.69. The molecule has 1 atom stereocenters. The van der Waals surface area contributed by atoms with Crippen LogP contribution in [0.4, 0.5) is 5.69 Å². The van der Waals surface area contributed by atoms with Crippen LogP contribution in [0.2, 0.25) is 0 Å². The number of aliphatic hydroxyl groups is 1. The minimum absolute atomic E-state index is 0.156. The van der Waals surface area contributed by atoms with E-state index in [1.165, 1.54) is 22.4 Å². The molecule has 0 spiro atoms. The summed E-state index contributed by atoms with van der Waals surface area (Å²) in [6, 6.07) is 4.49. The molecule has 0 bridgehead atoms. The number of aryl methyl sites for hydroxylation is 2. The summed E-state index contributed by atoms with van der Waals surface area (Å²) in [5.74, 6) is 0. The van der Waals surface area contributed by atoms with Crippen LogP contribution in [0.25, 0.3) is 0 Å². The fraction of sp³-hybridized carbons (Fsp3) is 0.625. The zero-order chi connectivity index (χ0) is 14.8. The van der Waals surface area contributed by atoms with E-state index in [2.05, 4.69) is 51.7 Å². The van der Waals surface area contributed by atoms with Gasteiger partial charge in [-0.05, 0) is 36.0 Å². The number of rotatable bonds is 4. The fourth-order valence-corrected chi connectivity index (χ4v) is 2.47. The van der Waals surface area contributed by atoms with E-state index in [1.807, 2.05) is 7.05 Å². The highest BCUT2D eigenvalue weighted by atomic mass is 16.3. The average Bonchev–Trinajstić information content (AvgIpc) is 2.26. The van der Waals surface area contributed by atoms with Crippen molar-refractivity contribution < 1.29 is 5.11 Å². The zero-order valence-electron chi connectivity index (χ0n) is 13.1. The summed E-state index contributed by atoms with van der Waals surface area (Å²) in [5, 5.41) is 9.69. The van der Waals surface area contributed by atoms with Crippen LogP contribution in [0.1, 0.15) is 37.5 Å². The molecule has 1 aromatic rings. The highest BCUT2D eigenvalue weighted by Gasteiger charge is 2.18. The van der Waals surface area contributed by atoms with Crippen molar-refractivity contribution in [2.24, 2.45) is 5.73 Å². The van der Waals surface area contributed by atoms with Crippen molar-refractivity contribution in [1.29, 1.82) is 0 Å². The third-order valence-electron chi connectivity index (χ3n) is 3.50. The molecule has 3 heteroatoms. The third kappa shape index (κ3) is 3.95. The number of likely N-dealkylation sites (N-methyl/N-ethyl adjacent to an activating group) is 1. The van der Waals surface area contributed by atoms with E-state index in [0.29, 0.717) is 13.1 Å². The van der Waals surface area contributed by atoms with Gasteiger partial charge in [0.15, 0.2) is 0 Å². The van der Waals surface area contributed by atoms with Crippen LogP contribution in [-0.4, -0.2) is 31.3 Å². The number of aliphatic hydroxyl groups excluding tert-OH is 1. The lowest BCUT2D eigenvalue weighted by atomic mass is 9.84. The van der Waals surface area contributed by atoms with Crippen molar-refractivity contribution in [1.82, 2.24) is 0 Å². The number of nitrogens with zero attached hydrogens (tertiary/aromatic N) is 1. The van der Waals surface area contributed by atoms with Crippen LogP contribution in [0.3, 0.4) is 0 Å². The normalized spacial score (nSPS) is 13.5. The van der Waals surface area contributed by atoms with Crippen molar-refractivity contribution in [2.75, 3.05) is 25.0 Å². The minimum atomic E-state index is -0.480. The molecular weight excluding hydrogens is 236 g/mol. The average molecular weight is 264 g/mol. The first kappa shape index (κ1) is 16.0. The van der Waals surface area contributed by atoms with Gasteiger partial charge in [-0.25, -0.2) is 0 Å². The van der Waals surface area contributed by atoms with Gasteiger partial charge >= 0.3 is 0 Å². The Hall–Kier alpha value is -1.06. The second-order valence-electron chi connectivity index (χ2n) is 6.48. The molecule has 19 heavy (non-hydrogen) atoms. The zero-order valence-corrected chi connectivity index (χ0v) is 13.1. The number of benzene rings is 1. The Labute approximate surface area is 117 Å². The van der Waals surface area contributed by atoms with Gasteiger partial charge in [0.1, 0.15) is 0 Å². The molecule has 0 radical (unpaired) electrons. The summed E-state index contributed by atoms with van der Waals surface area (Å²) in [6.07, 6.45) is -0.480. The first-order valence-corrected chi connectivity index (χ1v) is 6.87. The molecule has 0 aromatic heterocycles. The fourth-order valence-electron chi connectivity index (χ4n) is 2.47. The second kappa shape index (κ2) is 5.93. The van der Waals surface area contributed by atoms with Gasteiger partial charge in [-0.15, -0.1) is 0 Å². The lowest BCUT2D eigenvalue weighted by Crippen LogP contribution is -2.34. The van der Waals surface area contributed by atoms with Crippen molar-refractivity contribution in [2.45, 2.75) is 46.1 Å². The molecule has 1 unspecified atom stereocenters. The number of nitrogens with two attached hydrogens (primary N) is 1. The smallest absolute Gasteiger partial charge is 0.0836 e. The summed E-state index contributed by atoms with van der Waals surface area (Å²) in [7, 11) is 2.00. The Bertz CT molecular complexity index is 412. The molecule has 3 N–H and O–H groups in total. The first-order valence-electron chi connectivity index (χ1n) is 6.87. The van der Waals surface area contributed by atoms with Crippen molar-refractivity contribution in [3.8, 4) is 0 Å². The van der Waals surface area contributed by atoms with Gasteiger partial charge in [0.05, 0.1) is 6.10 Å². The Morgan fingerprint density at radius 1 is 1.21 bits per heavy atom. The SMILES string of the molecule is Cc1cc(C(C)(C)C)cc(C)c1N(C)CC(O)CN. The van der Waals surface area contributed by atoms with Gasteiger partial charge in [-0.2, -0.15) is 0 Å². The molecule has 1 aromatic carbocycles. The van der Waals surface area contributed by atoms with Crippen LogP contribution in [0.15, 0.2) is 12.1 Å². The first-order chi connectivity index (χ1) is 8.66. The van der Waals surface area contributed by atoms with Crippen LogP contribution < -0.4 is 10.6 Å². The van der Waals surface area contributed by atoms with E-state index in [0.717, 1.165) is 0 Å². The van der Waals surface area contributed by atoms with Crippen molar-refractivity contribution in [3.63, 3.8) is 0 Å². The highest BCUT2D eigenvalue weighted by Crippen LogP contribution is 2.31. The molecule has 0 aliphatic carbocycles. The van der Waals surface area contributed by atoms with E-state index in [9.17, 15) is 5.11 Å². The number of hydrogen-bond donors (Lipinski definition) is 2. The van der Waals surface area contributed by atoms with E-state index in [4.69, 9.17) is 5.73 Å². The van der Waals surface area contributed by atoms with E-state index >= 15 is 0 Å². The van der Waals surface area contributed by atoms with E-state index < -0.39 is 6.10 Å². The molecular formula is C16H28N2O. The maximum atomic E-state index is 9.69. The molecule has 0 fully saturated rings. The Balaban J connectivity index is 3.10. The maximum Gasteiger partial charge on any atom is 0.0836 e.